The molecule has 0 heterocycles. The van der Waals surface area contributed by atoms with Gasteiger partial charge < -0.3 is 14.8 Å². The number of nitrogens with one attached hydrogen (secondary N) is 1. The van der Waals surface area contributed by atoms with Crippen LogP contribution in [0.2, 0.25) is 5.02 Å². The first-order valence-corrected chi connectivity index (χ1v) is 9.52. The number of methoxy groups -OCH3 is 1. The van der Waals surface area contributed by atoms with Gasteiger partial charge in [-0.05, 0) is 36.8 Å². The fraction of sp³-hybridized carbons (Fsp3) is 0.316. The number of carbonyl (C=O) groups excluding carboxylic acids is 1. The highest BCUT2D eigenvalue weighted by atomic mass is 35.5. The van der Waals surface area contributed by atoms with Gasteiger partial charge in [0.1, 0.15) is 11.5 Å². The van der Waals surface area contributed by atoms with Gasteiger partial charge in [0.05, 0.1) is 7.11 Å². The minimum Gasteiger partial charge on any atom is -0.497 e. The van der Waals surface area contributed by atoms with Crippen LogP contribution in [0.5, 0.6) is 11.5 Å². The Balaban J connectivity index is 1.66. The minimum absolute atomic E-state index is 0.130. The maximum Gasteiger partial charge on any atom is 0.260 e. The summed E-state index contributed by atoms with van der Waals surface area (Å²) in [6, 6.07) is 15.0. The maximum absolute atomic E-state index is 12.1. The molecule has 0 spiro atoms. The van der Waals surface area contributed by atoms with Crippen molar-refractivity contribution in [2.45, 2.75) is 18.8 Å². The second-order valence-electron chi connectivity index (χ2n) is 5.41. The minimum atomic E-state index is -0.562. The zero-order valence-corrected chi connectivity index (χ0v) is 15.9. The molecule has 0 aliphatic rings. The Hall–Kier alpha value is -1.85. The van der Waals surface area contributed by atoms with E-state index in [9.17, 15) is 4.79 Å². The van der Waals surface area contributed by atoms with Gasteiger partial charge in [0.15, 0.2) is 6.10 Å². The van der Waals surface area contributed by atoms with Crippen molar-refractivity contribution in [3.63, 3.8) is 0 Å². The van der Waals surface area contributed by atoms with Gasteiger partial charge in [-0.3, -0.25) is 4.79 Å². The van der Waals surface area contributed by atoms with Gasteiger partial charge >= 0.3 is 0 Å². The van der Waals surface area contributed by atoms with E-state index >= 15 is 0 Å². The van der Waals surface area contributed by atoms with Gasteiger partial charge in [-0.15, -0.1) is 0 Å². The Morgan fingerprint density at radius 1 is 1.20 bits per heavy atom. The topological polar surface area (TPSA) is 47.6 Å². The molecule has 25 heavy (non-hydrogen) atoms. The normalized spacial score (nSPS) is 11.6. The number of hydrogen-bond acceptors (Lipinski definition) is 4. The SMILES string of the molecule is COc1cccc(O[C@@H](C)C(=O)NCCSCc2ccc(Cl)cc2)c1. The van der Waals surface area contributed by atoms with Crippen molar-refractivity contribution in [1.29, 1.82) is 0 Å². The predicted octanol–water partition coefficient (Wildman–Crippen LogP) is 4.17. The third kappa shape index (κ3) is 6.88. The van der Waals surface area contributed by atoms with Crippen LogP contribution in [0, 0.1) is 0 Å². The second-order valence-corrected chi connectivity index (χ2v) is 6.95. The van der Waals surface area contributed by atoms with E-state index in [0.29, 0.717) is 18.0 Å². The van der Waals surface area contributed by atoms with Gasteiger partial charge in [0, 0.05) is 29.1 Å². The van der Waals surface area contributed by atoms with Crippen LogP contribution in [-0.4, -0.2) is 31.4 Å². The Morgan fingerprint density at radius 2 is 1.92 bits per heavy atom. The molecule has 1 N–H and O–H groups in total. The lowest BCUT2D eigenvalue weighted by atomic mass is 10.2. The third-order valence-electron chi connectivity index (χ3n) is 3.45. The lowest BCUT2D eigenvalue weighted by molar-refractivity contribution is -0.127. The van der Waals surface area contributed by atoms with E-state index in [-0.39, 0.29) is 5.91 Å². The molecule has 6 heteroatoms. The molecule has 0 saturated heterocycles. The van der Waals surface area contributed by atoms with Crippen LogP contribution >= 0.6 is 23.4 Å². The van der Waals surface area contributed by atoms with Crippen LogP contribution in [0.25, 0.3) is 0 Å². The van der Waals surface area contributed by atoms with Crippen LogP contribution in [-0.2, 0) is 10.5 Å². The molecule has 2 aromatic rings. The smallest absolute Gasteiger partial charge is 0.260 e. The quantitative estimate of drug-likeness (QED) is 0.664. The van der Waals surface area contributed by atoms with E-state index in [2.05, 4.69) is 5.32 Å². The van der Waals surface area contributed by atoms with E-state index in [0.717, 1.165) is 16.5 Å². The molecule has 0 radical (unpaired) electrons. The van der Waals surface area contributed by atoms with Crippen molar-refractivity contribution in [2.24, 2.45) is 0 Å². The van der Waals surface area contributed by atoms with Crippen molar-refractivity contribution in [3.05, 3.63) is 59.1 Å². The summed E-state index contributed by atoms with van der Waals surface area (Å²) in [6.45, 7) is 2.33. The summed E-state index contributed by atoms with van der Waals surface area (Å²) in [6.07, 6.45) is -0.562. The lowest BCUT2D eigenvalue weighted by Crippen LogP contribution is -2.37. The van der Waals surface area contributed by atoms with Crippen LogP contribution in [0.3, 0.4) is 0 Å². The third-order valence-corrected chi connectivity index (χ3v) is 4.73. The summed E-state index contributed by atoms with van der Waals surface area (Å²) in [4.78, 5) is 12.1. The predicted molar refractivity (Wildman–Crippen MR) is 104 cm³/mol. The monoisotopic (exact) mass is 379 g/mol. The lowest BCUT2D eigenvalue weighted by Gasteiger charge is -2.15. The molecule has 4 nitrogen and oxygen atoms in total. The molecule has 0 fully saturated rings. The van der Waals surface area contributed by atoms with Crippen molar-refractivity contribution in [3.8, 4) is 11.5 Å². The summed E-state index contributed by atoms with van der Waals surface area (Å²) in [7, 11) is 1.59. The first-order valence-electron chi connectivity index (χ1n) is 7.99. The second kappa shape index (κ2) is 10.2. The summed E-state index contributed by atoms with van der Waals surface area (Å²) >= 11 is 7.62. The number of carbonyl (C=O) groups is 1. The molecule has 134 valence electrons. The van der Waals surface area contributed by atoms with Crippen molar-refractivity contribution in [2.75, 3.05) is 19.4 Å². The molecule has 1 atom stereocenters. The van der Waals surface area contributed by atoms with Crippen LogP contribution in [0.15, 0.2) is 48.5 Å². The maximum atomic E-state index is 12.1. The molecule has 0 aromatic heterocycles. The summed E-state index contributed by atoms with van der Waals surface area (Å²) in [5.41, 5.74) is 1.22. The zero-order chi connectivity index (χ0) is 18.1. The van der Waals surface area contributed by atoms with Gasteiger partial charge in [0.2, 0.25) is 0 Å². The number of benzene rings is 2. The zero-order valence-electron chi connectivity index (χ0n) is 14.3. The van der Waals surface area contributed by atoms with Crippen LogP contribution < -0.4 is 14.8 Å². The Kier molecular flexibility index (Phi) is 7.95. The van der Waals surface area contributed by atoms with E-state index in [4.69, 9.17) is 21.1 Å². The molecule has 0 unspecified atom stereocenters. The number of hydrogen-bond donors (Lipinski definition) is 1. The highest BCUT2D eigenvalue weighted by Gasteiger charge is 2.14. The molecule has 2 rings (SSSR count). The number of amides is 1. The fourth-order valence-corrected chi connectivity index (χ4v) is 3.04. The Morgan fingerprint density at radius 3 is 2.64 bits per heavy atom. The molecule has 0 saturated carbocycles. The number of halogens is 1. The first kappa shape index (κ1) is 19.5. The largest absolute Gasteiger partial charge is 0.497 e. The molecular formula is C19H22ClNO3S. The number of thioether (sulfide) groups is 1. The first-order chi connectivity index (χ1) is 12.1. The van der Waals surface area contributed by atoms with Crippen molar-refractivity contribution >= 4 is 29.3 Å². The van der Waals surface area contributed by atoms with E-state index in [1.54, 1.807) is 37.9 Å². The average Bonchev–Trinajstić information content (AvgIpc) is 2.63. The summed E-state index contributed by atoms with van der Waals surface area (Å²) in [5.74, 6) is 2.90. The summed E-state index contributed by atoms with van der Waals surface area (Å²) < 4.78 is 10.8. The highest BCUT2D eigenvalue weighted by Crippen LogP contribution is 2.20. The number of rotatable bonds is 9. The molecular weight excluding hydrogens is 358 g/mol. The van der Waals surface area contributed by atoms with Gasteiger partial charge in [0.25, 0.3) is 5.91 Å². The Labute approximate surface area is 157 Å². The number of ether oxygens (including phenoxy) is 2. The van der Waals surface area contributed by atoms with Crippen LogP contribution in [0.4, 0.5) is 0 Å². The van der Waals surface area contributed by atoms with Gasteiger partial charge in [-0.1, -0.05) is 29.8 Å². The van der Waals surface area contributed by atoms with E-state index < -0.39 is 6.10 Å². The summed E-state index contributed by atoms with van der Waals surface area (Å²) in [5, 5.41) is 3.63. The standard InChI is InChI=1S/C19H22ClNO3S/c1-14(24-18-5-3-4-17(12-18)23-2)19(22)21-10-11-25-13-15-6-8-16(20)9-7-15/h3-9,12,14H,10-11,13H2,1-2H3,(H,21,22)/t14-/m0/s1. The Bertz CT molecular complexity index is 679. The molecule has 0 aliphatic carbocycles. The molecule has 0 aliphatic heterocycles. The van der Waals surface area contributed by atoms with Crippen molar-refractivity contribution < 1.29 is 14.3 Å². The molecule has 0 bridgehead atoms. The van der Waals surface area contributed by atoms with Crippen molar-refractivity contribution in [1.82, 2.24) is 5.32 Å². The molecule has 2 aromatic carbocycles. The molecule has 1 amide bonds. The van der Waals surface area contributed by atoms with Gasteiger partial charge in [-0.2, -0.15) is 11.8 Å². The van der Waals surface area contributed by atoms with E-state index in [1.165, 1.54) is 5.56 Å². The fourth-order valence-electron chi connectivity index (χ4n) is 2.09. The average molecular weight is 380 g/mol. The van der Waals surface area contributed by atoms with Crippen LogP contribution in [0.1, 0.15) is 12.5 Å². The van der Waals surface area contributed by atoms with Gasteiger partial charge in [-0.25, -0.2) is 0 Å². The van der Waals surface area contributed by atoms with E-state index in [1.807, 2.05) is 36.4 Å². The highest BCUT2D eigenvalue weighted by molar-refractivity contribution is 7.98.